The minimum Gasteiger partial charge on any atom is -0.361 e. The number of hydrogen-bond acceptors (Lipinski definition) is 8. The molecule has 1 aromatic carbocycles. The number of rotatable bonds is 6. The number of fused-ring (bicyclic) bond motifs is 1. The number of likely N-dealkylation sites (N-methyl/N-ethyl adjacent to an activating group) is 2. The van der Waals surface area contributed by atoms with Crippen LogP contribution in [0.5, 0.6) is 0 Å². The lowest BCUT2D eigenvalue weighted by Gasteiger charge is -2.34. The molecule has 170 valence electrons. The Hall–Kier alpha value is -2.91. The van der Waals surface area contributed by atoms with E-state index >= 15 is 0 Å². The van der Waals surface area contributed by atoms with Crippen LogP contribution in [0.2, 0.25) is 0 Å². The molecule has 9 heteroatoms. The summed E-state index contributed by atoms with van der Waals surface area (Å²) in [6.07, 6.45) is 3.01. The monoisotopic (exact) mass is 435 g/mol. The minimum absolute atomic E-state index is 0.669. The van der Waals surface area contributed by atoms with Gasteiger partial charge in [-0.1, -0.05) is 18.2 Å². The molecule has 0 unspecified atom stereocenters. The molecule has 0 aliphatic carbocycles. The van der Waals surface area contributed by atoms with Crippen LogP contribution < -0.4 is 15.1 Å². The van der Waals surface area contributed by atoms with Gasteiger partial charge in [0.2, 0.25) is 17.8 Å². The zero-order valence-electron chi connectivity index (χ0n) is 19.1. The summed E-state index contributed by atoms with van der Waals surface area (Å²) < 4.78 is 0. The molecule has 2 aromatic heterocycles. The molecule has 2 N–H and O–H groups in total. The van der Waals surface area contributed by atoms with Crippen molar-refractivity contribution in [3.63, 3.8) is 0 Å². The standard InChI is InChI=1S/C23H33N9/c1-29-9-13-31(14-10-29)22-26-21(27-23(28-22)32-15-11-30(2)12-16-32)24-8-7-18-17-25-20-6-4-3-5-19(18)20/h3-6,17,25H,7-16H2,1-2H3,(H,24,26,27,28). The van der Waals surface area contributed by atoms with Gasteiger partial charge in [-0.15, -0.1) is 0 Å². The van der Waals surface area contributed by atoms with Crippen LogP contribution in [0.15, 0.2) is 30.5 Å². The molecule has 5 rings (SSSR count). The summed E-state index contributed by atoms with van der Waals surface area (Å²) >= 11 is 0. The van der Waals surface area contributed by atoms with Crippen molar-refractivity contribution >= 4 is 28.7 Å². The molecule has 9 nitrogen and oxygen atoms in total. The van der Waals surface area contributed by atoms with Gasteiger partial charge in [0.05, 0.1) is 0 Å². The van der Waals surface area contributed by atoms with Crippen LogP contribution in [0, 0.1) is 0 Å². The first-order valence-corrected chi connectivity index (χ1v) is 11.6. The summed E-state index contributed by atoms with van der Waals surface area (Å²) in [6, 6.07) is 8.43. The van der Waals surface area contributed by atoms with E-state index in [1.165, 1.54) is 16.5 Å². The van der Waals surface area contributed by atoms with Gasteiger partial charge in [0.1, 0.15) is 0 Å². The Balaban J connectivity index is 1.33. The number of nitrogens with zero attached hydrogens (tertiary/aromatic N) is 7. The van der Waals surface area contributed by atoms with E-state index < -0.39 is 0 Å². The third-order valence-corrected chi connectivity index (χ3v) is 6.54. The van der Waals surface area contributed by atoms with Gasteiger partial charge in [0.15, 0.2) is 0 Å². The Morgan fingerprint density at radius 3 is 2.03 bits per heavy atom. The van der Waals surface area contributed by atoms with Crippen molar-refractivity contribution in [2.24, 2.45) is 0 Å². The number of hydrogen-bond donors (Lipinski definition) is 2. The van der Waals surface area contributed by atoms with Crippen molar-refractivity contribution in [3.8, 4) is 0 Å². The van der Waals surface area contributed by atoms with Crippen LogP contribution in [-0.4, -0.2) is 103 Å². The number of benzene rings is 1. The van der Waals surface area contributed by atoms with Crippen molar-refractivity contribution in [2.45, 2.75) is 6.42 Å². The van der Waals surface area contributed by atoms with E-state index in [4.69, 9.17) is 15.0 Å². The van der Waals surface area contributed by atoms with Crippen LogP contribution in [0.3, 0.4) is 0 Å². The van der Waals surface area contributed by atoms with E-state index in [0.29, 0.717) is 5.95 Å². The second kappa shape index (κ2) is 9.30. The van der Waals surface area contributed by atoms with Gasteiger partial charge >= 0.3 is 0 Å². The van der Waals surface area contributed by atoms with Gasteiger partial charge in [-0.3, -0.25) is 0 Å². The number of aromatic nitrogens is 4. The molecule has 0 spiro atoms. The van der Waals surface area contributed by atoms with Crippen LogP contribution in [0.1, 0.15) is 5.56 Å². The van der Waals surface area contributed by atoms with Gasteiger partial charge in [0.25, 0.3) is 0 Å². The average molecular weight is 436 g/mol. The fraction of sp³-hybridized carbons (Fsp3) is 0.522. The molecular formula is C23H33N9. The topological polar surface area (TPSA) is 79.5 Å². The number of aromatic amines is 1. The Kier molecular flexibility index (Phi) is 6.09. The Morgan fingerprint density at radius 1 is 0.812 bits per heavy atom. The zero-order chi connectivity index (χ0) is 21.9. The van der Waals surface area contributed by atoms with Crippen LogP contribution in [-0.2, 0) is 6.42 Å². The lowest BCUT2D eigenvalue weighted by Crippen LogP contribution is -2.46. The molecule has 0 saturated carbocycles. The second-order valence-electron chi connectivity index (χ2n) is 8.88. The number of piperazine rings is 2. The molecule has 2 aliphatic heterocycles. The smallest absolute Gasteiger partial charge is 0.232 e. The highest BCUT2D eigenvalue weighted by molar-refractivity contribution is 5.83. The minimum atomic E-state index is 0.669. The molecule has 3 aromatic rings. The summed E-state index contributed by atoms with van der Waals surface area (Å²) in [6.45, 7) is 8.65. The number of para-hydroxylation sites is 1. The quantitative estimate of drug-likeness (QED) is 0.603. The zero-order valence-corrected chi connectivity index (χ0v) is 19.1. The summed E-state index contributed by atoms with van der Waals surface area (Å²) in [4.78, 5) is 27.1. The van der Waals surface area contributed by atoms with E-state index in [-0.39, 0.29) is 0 Å². The maximum atomic E-state index is 4.88. The van der Waals surface area contributed by atoms with Crippen molar-refractivity contribution in [3.05, 3.63) is 36.0 Å². The fourth-order valence-corrected chi connectivity index (χ4v) is 4.38. The first kappa shape index (κ1) is 21.0. The Labute approximate surface area is 189 Å². The average Bonchev–Trinajstić information content (AvgIpc) is 3.23. The molecule has 2 fully saturated rings. The third-order valence-electron chi connectivity index (χ3n) is 6.54. The second-order valence-corrected chi connectivity index (χ2v) is 8.88. The van der Waals surface area contributed by atoms with E-state index in [1.54, 1.807) is 0 Å². The highest BCUT2D eigenvalue weighted by atomic mass is 15.4. The van der Waals surface area contributed by atoms with E-state index in [2.05, 4.69) is 74.5 Å². The fourth-order valence-electron chi connectivity index (χ4n) is 4.38. The molecule has 2 saturated heterocycles. The van der Waals surface area contributed by atoms with Crippen molar-refractivity contribution in [2.75, 3.05) is 88.1 Å². The van der Waals surface area contributed by atoms with E-state index in [9.17, 15) is 0 Å². The van der Waals surface area contributed by atoms with Gasteiger partial charge in [-0.05, 0) is 32.1 Å². The predicted molar refractivity (Wildman–Crippen MR) is 130 cm³/mol. The van der Waals surface area contributed by atoms with E-state index in [0.717, 1.165) is 77.2 Å². The third kappa shape index (κ3) is 4.63. The summed E-state index contributed by atoms with van der Waals surface area (Å²) in [5.41, 5.74) is 2.48. The molecule has 2 aliphatic rings. The molecule has 4 heterocycles. The lowest BCUT2D eigenvalue weighted by molar-refractivity contribution is 0.308. The maximum absolute atomic E-state index is 4.88. The van der Waals surface area contributed by atoms with E-state index in [1.807, 2.05) is 0 Å². The predicted octanol–water partition coefficient (Wildman–Crippen LogP) is 1.51. The summed E-state index contributed by atoms with van der Waals surface area (Å²) in [5.74, 6) is 2.25. The molecule has 0 atom stereocenters. The van der Waals surface area contributed by atoms with Gasteiger partial charge < -0.3 is 29.9 Å². The van der Waals surface area contributed by atoms with Gasteiger partial charge in [-0.2, -0.15) is 15.0 Å². The van der Waals surface area contributed by atoms with Crippen molar-refractivity contribution in [1.82, 2.24) is 29.7 Å². The molecule has 0 bridgehead atoms. The largest absolute Gasteiger partial charge is 0.361 e. The molecule has 0 radical (unpaired) electrons. The number of H-pyrrole nitrogens is 1. The molecular weight excluding hydrogens is 402 g/mol. The van der Waals surface area contributed by atoms with Crippen molar-refractivity contribution < 1.29 is 0 Å². The first-order chi connectivity index (χ1) is 15.7. The number of anilines is 3. The van der Waals surface area contributed by atoms with Crippen LogP contribution >= 0.6 is 0 Å². The molecule has 0 amide bonds. The first-order valence-electron chi connectivity index (χ1n) is 11.6. The van der Waals surface area contributed by atoms with Crippen LogP contribution in [0.4, 0.5) is 17.8 Å². The van der Waals surface area contributed by atoms with Crippen molar-refractivity contribution in [1.29, 1.82) is 0 Å². The summed E-state index contributed by atoms with van der Waals surface area (Å²) in [5, 5.41) is 4.75. The molecule has 32 heavy (non-hydrogen) atoms. The Bertz CT molecular complexity index is 993. The highest BCUT2D eigenvalue weighted by Crippen LogP contribution is 2.21. The summed E-state index contributed by atoms with van der Waals surface area (Å²) in [7, 11) is 4.33. The van der Waals surface area contributed by atoms with Crippen LogP contribution in [0.25, 0.3) is 10.9 Å². The highest BCUT2D eigenvalue weighted by Gasteiger charge is 2.22. The maximum Gasteiger partial charge on any atom is 0.232 e. The van der Waals surface area contributed by atoms with Gasteiger partial charge in [0, 0.05) is 76.0 Å². The normalized spacial score (nSPS) is 18.4. The number of nitrogens with one attached hydrogen (secondary N) is 2. The lowest BCUT2D eigenvalue weighted by atomic mass is 10.1. The SMILES string of the molecule is CN1CCN(c2nc(NCCc3c[nH]c4ccccc34)nc(N3CCN(C)CC3)n2)CC1. The Morgan fingerprint density at radius 2 is 1.41 bits per heavy atom. The van der Waals surface area contributed by atoms with Gasteiger partial charge in [-0.25, -0.2) is 0 Å².